The van der Waals surface area contributed by atoms with Crippen LogP contribution in [0.25, 0.3) is 11.3 Å². The van der Waals surface area contributed by atoms with Gasteiger partial charge in [0.2, 0.25) is 0 Å². The highest BCUT2D eigenvalue weighted by Gasteiger charge is 2.26. The van der Waals surface area contributed by atoms with Crippen LogP contribution in [0.3, 0.4) is 0 Å². The van der Waals surface area contributed by atoms with Crippen LogP contribution in [0.1, 0.15) is 37.8 Å². The van der Waals surface area contributed by atoms with E-state index in [0.717, 1.165) is 35.3 Å². The molecule has 0 unspecified atom stereocenters. The first-order valence-corrected chi connectivity index (χ1v) is 9.34. The first-order chi connectivity index (χ1) is 12.5. The van der Waals surface area contributed by atoms with E-state index in [9.17, 15) is 9.59 Å². The smallest absolute Gasteiger partial charge is 0.292 e. The Bertz CT molecular complexity index is 1020. The fourth-order valence-corrected chi connectivity index (χ4v) is 4.65. The number of primary amides is 1. The molecule has 1 aliphatic rings. The highest BCUT2D eigenvalue weighted by molar-refractivity contribution is 7.17. The summed E-state index contributed by atoms with van der Waals surface area (Å²) in [7, 11) is 0. The number of aryl methyl sites for hydroxylation is 1. The Hall–Kier alpha value is -2.57. The molecule has 0 saturated heterocycles. The van der Waals surface area contributed by atoms with Gasteiger partial charge in [-0.1, -0.05) is 23.7 Å². The molecule has 3 aromatic rings. The molecule has 0 fully saturated rings. The summed E-state index contributed by atoms with van der Waals surface area (Å²) in [5.74, 6) is -0.232. The van der Waals surface area contributed by atoms with Gasteiger partial charge in [0.1, 0.15) is 10.8 Å². The minimum atomic E-state index is -0.515. The number of halogens is 1. The second kappa shape index (κ2) is 6.63. The van der Waals surface area contributed by atoms with Crippen LogP contribution < -0.4 is 11.1 Å². The molecule has 0 bridgehead atoms. The van der Waals surface area contributed by atoms with Crippen molar-refractivity contribution >= 4 is 39.8 Å². The Morgan fingerprint density at radius 3 is 2.81 bits per heavy atom. The Morgan fingerprint density at radius 2 is 2.04 bits per heavy atom. The number of nitrogens with two attached hydrogens (primary N) is 1. The van der Waals surface area contributed by atoms with Gasteiger partial charge in [-0.25, -0.2) is 0 Å². The average molecular weight is 387 g/mol. The minimum absolute atomic E-state index is 0.156. The third-order valence-corrected chi connectivity index (χ3v) is 5.78. The molecule has 2 heterocycles. The predicted molar refractivity (Wildman–Crippen MR) is 102 cm³/mol. The molecular weight excluding hydrogens is 372 g/mol. The summed E-state index contributed by atoms with van der Waals surface area (Å²) in [6, 6.07) is 10.5. The largest absolute Gasteiger partial charge is 0.451 e. The molecule has 4 rings (SSSR count). The Labute approximate surface area is 158 Å². The number of benzene rings is 1. The number of nitrogens with one attached hydrogen (secondary N) is 1. The van der Waals surface area contributed by atoms with Crippen molar-refractivity contribution in [2.45, 2.75) is 19.3 Å². The van der Waals surface area contributed by atoms with Gasteiger partial charge in [0.05, 0.1) is 5.56 Å². The summed E-state index contributed by atoms with van der Waals surface area (Å²) in [5, 5.41) is 3.85. The molecule has 2 amide bonds. The average Bonchev–Trinajstić information content (AvgIpc) is 3.29. The maximum absolute atomic E-state index is 12.6. The molecule has 0 atom stereocenters. The number of rotatable bonds is 4. The van der Waals surface area contributed by atoms with Crippen LogP contribution in [-0.4, -0.2) is 11.8 Å². The van der Waals surface area contributed by atoms with Crippen LogP contribution in [-0.2, 0) is 12.8 Å². The highest BCUT2D eigenvalue weighted by atomic mass is 35.5. The summed E-state index contributed by atoms with van der Waals surface area (Å²) in [6.07, 6.45) is 2.74. The molecule has 5 nitrogen and oxygen atoms in total. The van der Waals surface area contributed by atoms with Crippen molar-refractivity contribution in [2.24, 2.45) is 5.73 Å². The van der Waals surface area contributed by atoms with Crippen LogP contribution >= 0.6 is 22.9 Å². The zero-order chi connectivity index (χ0) is 18.3. The first kappa shape index (κ1) is 16.9. The zero-order valence-electron chi connectivity index (χ0n) is 13.7. The number of amides is 2. The quantitative estimate of drug-likeness (QED) is 0.692. The van der Waals surface area contributed by atoms with Gasteiger partial charge >= 0.3 is 0 Å². The molecule has 0 spiro atoms. The second-order valence-corrected chi connectivity index (χ2v) is 7.60. The van der Waals surface area contributed by atoms with E-state index < -0.39 is 11.8 Å². The molecule has 0 radical (unpaired) electrons. The van der Waals surface area contributed by atoms with E-state index in [4.69, 9.17) is 21.8 Å². The summed E-state index contributed by atoms with van der Waals surface area (Å²) in [5.41, 5.74) is 7.70. The molecule has 1 aromatic carbocycles. The van der Waals surface area contributed by atoms with Crippen molar-refractivity contribution in [2.75, 3.05) is 5.32 Å². The van der Waals surface area contributed by atoms with Gasteiger partial charge in [-0.15, -0.1) is 11.3 Å². The number of anilines is 1. The first-order valence-electron chi connectivity index (χ1n) is 8.14. The Kier molecular flexibility index (Phi) is 4.30. The van der Waals surface area contributed by atoms with Crippen LogP contribution in [0.2, 0.25) is 5.02 Å². The zero-order valence-corrected chi connectivity index (χ0v) is 15.2. The number of thiophene rings is 1. The SMILES string of the molecule is NC(=O)c1c(NC(=O)c2ccc(-c3cccc(Cl)c3)o2)sc2c1CCC2. The molecule has 132 valence electrons. The van der Waals surface area contributed by atoms with Gasteiger partial charge in [-0.05, 0) is 49.1 Å². The van der Waals surface area contributed by atoms with Crippen molar-refractivity contribution in [1.29, 1.82) is 0 Å². The third kappa shape index (κ3) is 3.02. The van der Waals surface area contributed by atoms with Crippen molar-refractivity contribution in [1.82, 2.24) is 0 Å². The van der Waals surface area contributed by atoms with Gasteiger partial charge in [0, 0.05) is 15.5 Å². The van der Waals surface area contributed by atoms with E-state index in [2.05, 4.69) is 5.32 Å². The molecule has 7 heteroatoms. The van der Waals surface area contributed by atoms with Crippen LogP contribution in [0.4, 0.5) is 5.00 Å². The number of fused-ring (bicyclic) bond motifs is 1. The molecule has 1 aliphatic carbocycles. The van der Waals surface area contributed by atoms with Crippen LogP contribution in [0.5, 0.6) is 0 Å². The maximum Gasteiger partial charge on any atom is 0.292 e. The van der Waals surface area contributed by atoms with Crippen molar-refractivity contribution < 1.29 is 14.0 Å². The number of carbonyl (C=O) groups is 2. The molecule has 3 N–H and O–H groups in total. The van der Waals surface area contributed by atoms with E-state index in [-0.39, 0.29) is 5.76 Å². The highest BCUT2D eigenvalue weighted by Crippen LogP contribution is 2.39. The summed E-state index contributed by atoms with van der Waals surface area (Å²) >= 11 is 7.40. The lowest BCUT2D eigenvalue weighted by Crippen LogP contribution is -2.17. The molecule has 0 saturated carbocycles. The minimum Gasteiger partial charge on any atom is -0.451 e. The lowest BCUT2D eigenvalue weighted by molar-refractivity contribution is 0.0998. The van der Waals surface area contributed by atoms with Crippen molar-refractivity contribution in [3.05, 3.63) is 63.2 Å². The predicted octanol–water partition coefficient (Wildman–Crippen LogP) is 4.50. The fraction of sp³-hybridized carbons (Fsp3) is 0.158. The van der Waals surface area contributed by atoms with Crippen molar-refractivity contribution in [3.63, 3.8) is 0 Å². The second-order valence-electron chi connectivity index (χ2n) is 6.05. The van der Waals surface area contributed by atoms with Gasteiger partial charge in [-0.3, -0.25) is 9.59 Å². The van der Waals surface area contributed by atoms with Gasteiger partial charge < -0.3 is 15.5 Å². The van der Waals surface area contributed by atoms with E-state index in [1.807, 2.05) is 12.1 Å². The third-order valence-electron chi connectivity index (χ3n) is 4.33. The normalized spacial score (nSPS) is 12.8. The van der Waals surface area contributed by atoms with E-state index >= 15 is 0 Å². The Morgan fingerprint density at radius 1 is 1.19 bits per heavy atom. The molecule has 26 heavy (non-hydrogen) atoms. The summed E-state index contributed by atoms with van der Waals surface area (Å²) < 4.78 is 5.65. The summed E-state index contributed by atoms with van der Waals surface area (Å²) in [4.78, 5) is 25.5. The molecular formula is C19H15ClN2O3S. The van der Waals surface area contributed by atoms with E-state index in [1.54, 1.807) is 24.3 Å². The number of hydrogen-bond acceptors (Lipinski definition) is 4. The standard InChI is InChI=1S/C19H15ClN2O3S/c20-11-4-1-3-10(9-11)13-7-8-14(25-13)18(24)22-19-16(17(21)23)12-5-2-6-15(12)26-19/h1,3-4,7-9H,2,5-6H2,(H2,21,23)(H,22,24). The van der Waals surface area contributed by atoms with Gasteiger partial charge in [0.25, 0.3) is 11.8 Å². The fourth-order valence-electron chi connectivity index (χ4n) is 3.17. The lowest BCUT2D eigenvalue weighted by atomic mass is 10.1. The number of carbonyl (C=O) groups excluding carboxylic acids is 2. The summed E-state index contributed by atoms with van der Waals surface area (Å²) in [6.45, 7) is 0. The maximum atomic E-state index is 12.6. The Balaban J connectivity index is 1.59. The van der Waals surface area contributed by atoms with Crippen LogP contribution in [0.15, 0.2) is 40.8 Å². The number of hydrogen-bond donors (Lipinski definition) is 2. The van der Waals surface area contributed by atoms with Gasteiger partial charge in [0.15, 0.2) is 5.76 Å². The van der Waals surface area contributed by atoms with E-state index in [1.165, 1.54) is 11.3 Å². The van der Waals surface area contributed by atoms with Gasteiger partial charge in [-0.2, -0.15) is 0 Å². The van der Waals surface area contributed by atoms with Crippen molar-refractivity contribution in [3.8, 4) is 11.3 Å². The van der Waals surface area contributed by atoms with Crippen LogP contribution in [0, 0.1) is 0 Å². The lowest BCUT2D eigenvalue weighted by Gasteiger charge is -2.04. The van der Waals surface area contributed by atoms with E-state index in [0.29, 0.717) is 21.3 Å². The number of furan rings is 1. The topological polar surface area (TPSA) is 85.3 Å². The monoisotopic (exact) mass is 386 g/mol. The molecule has 0 aliphatic heterocycles. The molecule has 2 aromatic heterocycles.